The number of nitrogens with one attached hydrogen (secondary N) is 1. The van der Waals surface area contributed by atoms with E-state index in [1.165, 1.54) is 0 Å². The van der Waals surface area contributed by atoms with Crippen LogP contribution in [0.4, 0.5) is 0 Å². The van der Waals surface area contributed by atoms with Gasteiger partial charge in [-0.1, -0.05) is 0 Å². The summed E-state index contributed by atoms with van der Waals surface area (Å²) < 4.78 is 10.5. The molecule has 0 aromatic carbocycles. The first-order valence-corrected chi connectivity index (χ1v) is 8.35. The predicted molar refractivity (Wildman–Crippen MR) is 63.2 cm³/mol. The molecule has 1 fully saturated rings. The maximum absolute atomic E-state index is 10.6. The van der Waals surface area contributed by atoms with Gasteiger partial charge in [-0.15, -0.1) is 0 Å². The molecule has 0 saturated heterocycles. The zero-order valence-corrected chi connectivity index (χ0v) is 10.6. The van der Waals surface area contributed by atoms with Crippen LogP contribution >= 0.6 is 18.2 Å². The van der Waals surface area contributed by atoms with E-state index in [1.807, 2.05) is 0 Å². The molecule has 1 saturated carbocycles. The summed E-state index contributed by atoms with van der Waals surface area (Å²) in [5.41, 5.74) is 0. The van der Waals surface area contributed by atoms with Crippen LogP contribution in [0.1, 0.15) is 12.8 Å². The first-order valence-electron chi connectivity index (χ1n) is 5.15. The Morgan fingerprint density at radius 2 is 2.12 bits per heavy atom. The third kappa shape index (κ3) is 6.50. The number of hydrogen-bond acceptors (Lipinski definition) is 4. The van der Waals surface area contributed by atoms with Crippen LogP contribution in [0.3, 0.4) is 0 Å². The van der Waals surface area contributed by atoms with Gasteiger partial charge in [0.2, 0.25) is 6.41 Å². The predicted octanol–water partition coefficient (Wildman–Crippen LogP) is 0.0227. The van der Waals surface area contributed by atoms with E-state index in [9.17, 15) is 9.36 Å². The lowest BCUT2D eigenvalue weighted by atomic mass is 10.5. The molecule has 0 aliphatic heterocycles. The normalized spacial score (nSPS) is 16.1. The van der Waals surface area contributed by atoms with Crippen molar-refractivity contribution in [1.82, 2.24) is 10.2 Å². The van der Waals surface area contributed by atoms with Crippen LogP contribution in [0.5, 0.6) is 0 Å². The first-order chi connectivity index (χ1) is 7.53. The van der Waals surface area contributed by atoms with Gasteiger partial charge in [0.05, 0.1) is 0 Å². The zero-order valence-electron chi connectivity index (χ0n) is 8.91. The van der Waals surface area contributed by atoms with Crippen molar-refractivity contribution in [2.24, 2.45) is 0 Å². The fraction of sp³-hybridized carbons (Fsp3) is 0.875. The van der Waals surface area contributed by atoms with Crippen molar-refractivity contribution in [2.45, 2.75) is 18.9 Å². The summed E-state index contributed by atoms with van der Waals surface area (Å²) in [4.78, 5) is 29.5. The van der Waals surface area contributed by atoms with E-state index in [-0.39, 0.29) is 0 Å². The Hall–Kier alpha value is -0.0700. The topological polar surface area (TPSA) is 89.9 Å². The highest BCUT2D eigenvalue weighted by atomic mass is 32.7. The molecule has 0 aromatic heterocycles. The van der Waals surface area contributed by atoms with E-state index in [1.54, 1.807) is 4.90 Å². The fourth-order valence-corrected chi connectivity index (χ4v) is 2.76. The minimum absolute atomic E-state index is 0.370. The molecule has 0 aromatic rings. The average Bonchev–Trinajstić information content (AvgIpc) is 2.99. The van der Waals surface area contributed by atoms with Crippen molar-refractivity contribution < 1.29 is 19.1 Å². The molecule has 1 aliphatic carbocycles. The number of hydrogen-bond donors (Lipinski definition) is 3. The van der Waals surface area contributed by atoms with Crippen LogP contribution in [0.15, 0.2) is 0 Å². The Labute approximate surface area is 98.7 Å². The lowest BCUT2D eigenvalue weighted by Crippen LogP contribution is -2.33. The standard InChI is InChI=1S/C8H17N2O4PS/c11-7-10(8-1-2-8)5-3-9-4-6-16-15(12,13)14/h7-9H,1-6H2,(H2,12,13,14). The molecule has 0 unspecified atom stereocenters. The van der Waals surface area contributed by atoms with E-state index in [0.717, 1.165) is 19.3 Å². The molecular weight excluding hydrogens is 251 g/mol. The summed E-state index contributed by atoms with van der Waals surface area (Å²) >= 11 is 0.638. The number of carbonyl (C=O) groups is 1. The highest BCUT2D eigenvalue weighted by Crippen LogP contribution is 2.49. The third-order valence-electron chi connectivity index (χ3n) is 2.24. The van der Waals surface area contributed by atoms with Crippen LogP contribution < -0.4 is 5.32 Å². The van der Waals surface area contributed by atoms with E-state index < -0.39 is 6.80 Å². The van der Waals surface area contributed by atoms with Crippen molar-refractivity contribution in [3.05, 3.63) is 0 Å². The number of rotatable bonds is 9. The molecule has 0 atom stereocenters. The molecule has 0 heterocycles. The monoisotopic (exact) mass is 268 g/mol. The molecule has 1 aliphatic rings. The van der Waals surface area contributed by atoms with Gasteiger partial charge >= 0.3 is 6.80 Å². The van der Waals surface area contributed by atoms with Gasteiger partial charge in [-0.3, -0.25) is 4.79 Å². The van der Waals surface area contributed by atoms with Crippen molar-refractivity contribution >= 4 is 24.6 Å². The van der Waals surface area contributed by atoms with Gasteiger partial charge in [0.15, 0.2) is 0 Å². The zero-order chi connectivity index (χ0) is 12.0. The van der Waals surface area contributed by atoms with Crippen LogP contribution in [0.2, 0.25) is 0 Å². The van der Waals surface area contributed by atoms with Gasteiger partial charge in [0.25, 0.3) is 0 Å². The minimum atomic E-state index is -3.93. The minimum Gasteiger partial charge on any atom is -0.341 e. The van der Waals surface area contributed by atoms with Crippen molar-refractivity contribution in [1.29, 1.82) is 0 Å². The van der Waals surface area contributed by atoms with Gasteiger partial charge < -0.3 is 20.0 Å². The molecule has 3 N–H and O–H groups in total. The molecule has 94 valence electrons. The molecule has 6 nitrogen and oxygen atoms in total. The second-order valence-electron chi connectivity index (χ2n) is 3.65. The molecule has 0 radical (unpaired) electrons. The summed E-state index contributed by atoms with van der Waals surface area (Å²) in [5.74, 6) is 0.370. The van der Waals surface area contributed by atoms with E-state index in [4.69, 9.17) is 9.79 Å². The van der Waals surface area contributed by atoms with Gasteiger partial charge in [0, 0.05) is 31.4 Å². The Morgan fingerprint density at radius 1 is 1.44 bits per heavy atom. The molecule has 0 bridgehead atoms. The summed E-state index contributed by atoms with van der Waals surface area (Å²) in [6.07, 6.45) is 3.04. The molecule has 1 rings (SSSR count). The third-order valence-corrected chi connectivity index (χ3v) is 4.52. The SMILES string of the molecule is O=CN(CCNCCSP(=O)(O)O)C1CC1. The Bertz CT molecular complexity index is 269. The summed E-state index contributed by atoms with van der Waals surface area (Å²) in [6, 6.07) is 0.420. The average molecular weight is 268 g/mol. The van der Waals surface area contributed by atoms with Gasteiger partial charge in [0.1, 0.15) is 0 Å². The van der Waals surface area contributed by atoms with Crippen LogP contribution in [0.25, 0.3) is 0 Å². The van der Waals surface area contributed by atoms with Crippen molar-refractivity contribution in [2.75, 3.05) is 25.4 Å². The van der Waals surface area contributed by atoms with Crippen LogP contribution in [0, 0.1) is 0 Å². The largest absolute Gasteiger partial charge is 0.384 e. The van der Waals surface area contributed by atoms with Crippen molar-refractivity contribution in [3.63, 3.8) is 0 Å². The lowest BCUT2D eigenvalue weighted by molar-refractivity contribution is -0.118. The van der Waals surface area contributed by atoms with Gasteiger partial charge in [-0.05, 0) is 24.2 Å². The molecule has 1 amide bonds. The molecule has 8 heteroatoms. The molecule has 0 spiro atoms. The highest BCUT2D eigenvalue weighted by molar-refractivity contribution is 8.54. The Kier molecular flexibility index (Phi) is 5.78. The Morgan fingerprint density at radius 3 is 2.62 bits per heavy atom. The summed E-state index contributed by atoms with van der Waals surface area (Å²) in [7, 11) is 0. The molecular formula is C8H17N2O4PS. The maximum Gasteiger partial charge on any atom is 0.384 e. The summed E-state index contributed by atoms with van der Waals surface area (Å²) in [5, 5.41) is 3.04. The second kappa shape index (κ2) is 6.61. The number of carbonyl (C=O) groups excluding carboxylic acids is 1. The van der Waals surface area contributed by atoms with E-state index in [2.05, 4.69) is 5.32 Å². The number of amides is 1. The van der Waals surface area contributed by atoms with Gasteiger partial charge in [-0.2, -0.15) is 0 Å². The lowest BCUT2D eigenvalue weighted by Gasteiger charge is -2.16. The smallest absolute Gasteiger partial charge is 0.341 e. The maximum atomic E-state index is 10.6. The van der Waals surface area contributed by atoms with Crippen LogP contribution in [-0.2, 0) is 9.36 Å². The van der Waals surface area contributed by atoms with E-state index >= 15 is 0 Å². The Balaban J connectivity index is 1.95. The van der Waals surface area contributed by atoms with Gasteiger partial charge in [-0.25, -0.2) is 4.57 Å². The van der Waals surface area contributed by atoms with E-state index in [0.29, 0.717) is 42.8 Å². The highest BCUT2D eigenvalue weighted by Gasteiger charge is 2.27. The fourth-order valence-electron chi connectivity index (χ4n) is 1.30. The summed E-state index contributed by atoms with van der Waals surface area (Å²) in [6.45, 7) is -2.07. The quantitative estimate of drug-likeness (QED) is 0.310. The number of nitrogens with zero attached hydrogens (tertiary/aromatic N) is 1. The molecule has 16 heavy (non-hydrogen) atoms. The first kappa shape index (κ1) is 14.0. The van der Waals surface area contributed by atoms with Crippen molar-refractivity contribution in [3.8, 4) is 0 Å². The van der Waals surface area contributed by atoms with Crippen LogP contribution in [-0.4, -0.2) is 52.5 Å². The second-order valence-corrected chi connectivity index (χ2v) is 7.50.